The summed E-state index contributed by atoms with van der Waals surface area (Å²) in [6.07, 6.45) is 1.73. The summed E-state index contributed by atoms with van der Waals surface area (Å²) in [5.74, 6) is 0.606. The first kappa shape index (κ1) is 33.0. The lowest BCUT2D eigenvalue weighted by Gasteiger charge is -2.32. The molecule has 8 aromatic carbocycles. The minimum atomic E-state index is -3.19. The maximum atomic E-state index is 5.67. The molecule has 0 saturated carbocycles. The molecule has 0 atom stereocenters. The first-order chi connectivity index (χ1) is 28.8. The molecule has 0 aliphatic carbocycles. The Morgan fingerprint density at radius 2 is 0.948 bits per heavy atom. The van der Waals surface area contributed by atoms with Crippen LogP contribution >= 0.6 is 11.3 Å². The predicted octanol–water partition coefficient (Wildman–Crippen LogP) is 9.81. The molecule has 7 heteroatoms. The lowest BCUT2D eigenvalue weighted by Crippen LogP contribution is -2.76. The highest BCUT2D eigenvalue weighted by atomic mass is 32.1. The van der Waals surface area contributed by atoms with Gasteiger partial charge in [-0.25, -0.2) is 15.0 Å². The lowest BCUT2D eigenvalue weighted by atomic mass is 10.1. The van der Waals surface area contributed by atoms with Gasteiger partial charge in [0.15, 0.2) is 0 Å². The van der Waals surface area contributed by atoms with Crippen LogP contribution in [0.5, 0.6) is 0 Å². The van der Waals surface area contributed by atoms with Crippen LogP contribution in [0.25, 0.3) is 75.4 Å². The van der Waals surface area contributed by atoms with E-state index in [0.717, 1.165) is 33.1 Å². The molecule has 4 heterocycles. The van der Waals surface area contributed by atoms with Crippen molar-refractivity contribution in [3.63, 3.8) is 0 Å². The molecule has 0 aliphatic heterocycles. The van der Waals surface area contributed by atoms with Crippen molar-refractivity contribution in [1.82, 2.24) is 24.1 Å². The number of benzene rings is 8. The molecule has 272 valence electrons. The highest BCUT2D eigenvalue weighted by molar-refractivity contribution is 7.30. The molecular weight excluding hydrogens is 743 g/mol. The fourth-order valence-electron chi connectivity index (χ4n) is 9.44. The van der Waals surface area contributed by atoms with E-state index in [1.807, 2.05) is 11.3 Å². The van der Waals surface area contributed by atoms with Crippen LogP contribution in [0, 0.1) is 0 Å². The number of aromatic nitrogens is 5. The predicted molar refractivity (Wildman–Crippen MR) is 245 cm³/mol. The summed E-state index contributed by atoms with van der Waals surface area (Å²) < 4.78 is 7.18. The van der Waals surface area contributed by atoms with E-state index >= 15 is 0 Å². The van der Waals surface area contributed by atoms with Crippen LogP contribution in [0.4, 0.5) is 0 Å². The Morgan fingerprint density at radius 1 is 0.414 bits per heavy atom. The first-order valence-electron chi connectivity index (χ1n) is 19.5. The number of fused-ring (bicyclic) bond motifs is 10. The normalized spacial score (nSPS) is 12.1. The highest BCUT2D eigenvalue weighted by Crippen LogP contribution is 2.42. The molecule has 0 spiro atoms. The molecule has 0 fully saturated rings. The molecule has 0 bridgehead atoms. The lowest BCUT2D eigenvalue weighted by molar-refractivity contribution is 0.960. The van der Waals surface area contributed by atoms with Gasteiger partial charge in [0.2, 0.25) is 14.0 Å². The molecule has 4 aromatic heterocycles. The van der Waals surface area contributed by atoms with Gasteiger partial charge in [0, 0.05) is 47.4 Å². The summed E-state index contributed by atoms with van der Waals surface area (Å²) in [5.41, 5.74) is 6.38. The van der Waals surface area contributed by atoms with Crippen molar-refractivity contribution < 1.29 is 0 Å². The summed E-state index contributed by atoms with van der Waals surface area (Å²) in [7, 11) is -3.19. The van der Waals surface area contributed by atoms with Gasteiger partial charge in [-0.05, 0) is 58.0 Å². The Morgan fingerprint density at radius 3 is 1.62 bits per heavy atom. The Labute approximate surface area is 338 Å². The second-order valence-electron chi connectivity index (χ2n) is 14.8. The van der Waals surface area contributed by atoms with Crippen LogP contribution < -0.4 is 21.0 Å². The molecule has 0 N–H and O–H groups in total. The minimum absolute atomic E-state index is 0.606. The number of thiophene rings is 1. The third-order valence-electron chi connectivity index (χ3n) is 11.8. The third-order valence-corrected chi connectivity index (χ3v) is 17.7. The van der Waals surface area contributed by atoms with Crippen molar-refractivity contribution >= 4 is 104 Å². The zero-order valence-corrected chi connectivity index (χ0v) is 33.0. The van der Waals surface area contributed by atoms with Gasteiger partial charge >= 0.3 is 0 Å². The van der Waals surface area contributed by atoms with Crippen LogP contribution in [0.15, 0.2) is 200 Å². The van der Waals surface area contributed by atoms with E-state index < -0.39 is 8.07 Å². The van der Waals surface area contributed by atoms with Crippen molar-refractivity contribution in [2.24, 2.45) is 0 Å². The highest BCUT2D eigenvalue weighted by Gasteiger charge is 2.46. The van der Waals surface area contributed by atoms with Crippen LogP contribution in [0.2, 0.25) is 0 Å². The van der Waals surface area contributed by atoms with Crippen molar-refractivity contribution in [3.8, 4) is 11.6 Å². The number of nitrogens with zero attached hydrogens (tertiary/aromatic N) is 5. The van der Waals surface area contributed by atoms with Gasteiger partial charge in [-0.2, -0.15) is 0 Å². The average molecular weight is 776 g/mol. The van der Waals surface area contributed by atoms with E-state index in [-0.39, 0.29) is 0 Å². The van der Waals surface area contributed by atoms with Crippen molar-refractivity contribution in [3.05, 3.63) is 200 Å². The quantitative estimate of drug-likeness (QED) is 0.125. The Balaban J connectivity index is 1.19. The van der Waals surface area contributed by atoms with Gasteiger partial charge in [0.25, 0.3) is 0 Å². The van der Waals surface area contributed by atoms with Gasteiger partial charge in [-0.15, -0.1) is 11.3 Å². The standard InChI is InChI=1S/C51H33N5SSi/c1-4-17-34(18-5-1)55-41-27-13-10-24-39(41)47-43(55)31-32-44-48(47)40-25-11-14-28-42(40)56(44)50-52-33-53-51(54-50)58(35-19-6-2-7-20-35,36-21-8-3-9-22-36)46-30-16-26-38-37-23-12-15-29-45(37)57-49(38)46/h1-33H. The first-order valence-corrected chi connectivity index (χ1v) is 22.3. The molecule has 0 aliphatic rings. The average Bonchev–Trinajstić information content (AvgIpc) is 3.96. The van der Waals surface area contributed by atoms with Crippen LogP contribution in [0.1, 0.15) is 0 Å². The van der Waals surface area contributed by atoms with Crippen LogP contribution in [-0.2, 0) is 0 Å². The van der Waals surface area contributed by atoms with Gasteiger partial charge in [0.1, 0.15) is 11.8 Å². The Bertz CT molecular complexity index is 3480. The molecular formula is C51H33N5SSi. The maximum absolute atomic E-state index is 5.67. The number of hydrogen-bond acceptors (Lipinski definition) is 4. The van der Waals surface area contributed by atoms with E-state index in [1.165, 1.54) is 57.4 Å². The van der Waals surface area contributed by atoms with Gasteiger partial charge in [-0.3, -0.25) is 4.57 Å². The molecule has 0 unspecified atom stereocenters. The largest absolute Gasteiger partial charge is 0.309 e. The SMILES string of the molecule is c1ccc(-n2c3ccccc3c3c4c5ccccc5n(-c5ncnc([Si](c6ccccc6)(c6ccccc6)c6cccc7c6sc6ccccc67)n5)c4ccc32)cc1. The zero-order chi connectivity index (χ0) is 38.2. The van der Waals surface area contributed by atoms with E-state index in [9.17, 15) is 0 Å². The molecule has 0 radical (unpaired) electrons. The molecule has 0 amide bonds. The van der Waals surface area contributed by atoms with E-state index in [2.05, 4.69) is 203 Å². The number of hydrogen-bond donors (Lipinski definition) is 0. The number of para-hydroxylation sites is 3. The summed E-state index contributed by atoms with van der Waals surface area (Å²) in [4.78, 5) is 15.9. The molecule has 12 rings (SSSR count). The van der Waals surface area contributed by atoms with Crippen molar-refractivity contribution in [2.45, 2.75) is 0 Å². The van der Waals surface area contributed by atoms with Gasteiger partial charge in [-0.1, -0.05) is 152 Å². The fourth-order valence-corrected chi connectivity index (χ4v) is 15.6. The molecule has 12 aromatic rings. The summed E-state index contributed by atoms with van der Waals surface area (Å²) in [6, 6.07) is 70.0. The Hall–Kier alpha value is -7.19. The molecule has 5 nitrogen and oxygen atoms in total. The van der Waals surface area contributed by atoms with Gasteiger partial charge in [0.05, 0.1) is 22.1 Å². The maximum Gasteiger partial charge on any atom is 0.237 e. The van der Waals surface area contributed by atoms with E-state index in [1.54, 1.807) is 6.33 Å². The van der Waals surface area contributed by atoms with E-state index in [4.69, 9.17) is 15.0 Å². The van der Waals surface area contributed by atoms with Gasteiger partial charge < -0.3 is 4.57 Å². The fraction of sp³-hybridized carbons (Fsp3) is 0. The van der Waals surface area contributed by atoms with E-state index in [0.29, 0.717) is 5.95 Å². The summed E-state index contributed by atoms with van der Waals surface area (Å²) in [5, 5.41) is 11.0. The zero-order valence-electron chi connectivity index (χ0n) is 31.2. The third kappa shape index (κ3) is 4.65. The number of rotatable bonds is 6. The van der Waals surface area contributed by atoms with Crippen LogP contribution in [-0.4, -0.2) is 32.2 Å². The minimum Gasteiger partial charge on any atom is -0.309 e. The molecule has 0 saturated heterocycles. The monoisotopic (exact) mass is 775 g/mol. The summed E-state index contributed by atoms with van der Waals surface area (Å²) >= 11 is 1.86. The smallest absolute Gasteiger partial charge is 0.237 e. The summed E-state index contributed by atoms with van der Waals surface area (Å²) in [6.45, 7) is 0. The topological polar surface area (TPSA) is 48.5 Å². The Kier molecular flexibility index (Phi) is 7.35. The second-order valence-corrected chi connectivity index (χ2v) is 19.5. The molecule has 58 heavy (non-hydrogen) atoms. The van der Waals surface area contributed by atoms with Crippen LogP contribution in [0.3, 0.4) is 0 Å². The second kappa shape index (κ2) is 12.9. The van der Waals surface area contributed by atoms with Crippen molar-refractivity contribution in [2.75, 3.05) is 0 Å². The van der Waals surface area contributed by atoms with Crippen molar-refractivity contribution in [1.29, 1.82) is 0 Å².